The number of aliphatic hydroxyl groups excluding tert-OH is 1. The molecule has 0 saturated carbocycles. The normalized spacial score (nSPS) is 21.4. The van der Waals surface area contributed by atoms with E-state index < -0.39 is 21.7 Å². The zero-order valence-electron chi connectivity index (χ0n) is 10.5. The maximum Gasteiger partial charge on any atom is 0.263 e. The summed E-state index contributed by atoms with van der Waals surface area (Å²) in [6, 6.07) is 6.66. The first-order chi connectivity index (χ1) is 8.24. The number of nitrogens with one attached hydrogen (secondary N) is 1. The van der Waals surface area contributed by atoms with Crippen molar-refractivity contribution in [3.8, 4) is 0 Å². The molecule has 1 aliphatic rings. The Labute approximate surface area is 107 Å². The summed E-state index contributed by atoms with van der Waals surface area (Å²) < 4.78 is 26.1. The highest BCUT2D eigenvalue weighted by Gasteiger charge is 2.33. The minimum Gasteiger partial charge on any atom is -0.391 e. The Balaban J connectivity index is 2.55. The number of rotatable bonds is 2. The van der Waals surface area contributed by atoms with Crippen molar-refractivity contribution in [3.05, 3.63) is 29.8 Å². The molecule has 1 atom stereocenters. The van der Waals surface area contributed by atoms with Crippen molar-refractivity contribution in [2.45, 2.75) is 37.3 Å². The van der Waals surface area contributed by atoms with Gasteiger partial charge in [-0.3, -0.25) is 9.71 Å². The van der Waals surface area contributed by atoms with Crippen LogP contribution in [0.5, 0.6) is 0 Å². The van der Waals surface area contributed by atoms with Crippen molar-refractivity contribution in [3.63, 3.8) is 0 Å². The topological polar surface area (TPSA) is 78.8 Å². The summed E-state index contributed by atoms with van der Waals surface area (Å²) in [7, 11) is -3.52. The highest BCUT2D eigenvalue weighted by Crippen LogP contribution is 2.25. The molecule has 5 nitrogen and oxygen atoms in total. The number of nitrogens with zero attached hydrogens (tertiary/aromatic N) is 1. The lowest BCUT2D eigenvalue weighted by atomic mass is 9.99. The molecule has 1 heterocycles. The lowest BCUT2D eigenvalue weighted by molar-refractivity contribution is 0.123. The number of hydrogen-bond donors (Lipinski definition) is 2. The molecule has 1 aromatic carbocycles. The zero-order valence-corrected chi connectivity index (χ0v) is 11.3. The van der Waals surface area contributed by atoms with E-state index in [0.717, 1.165) is 0 Å². The van der Waals surface area contributed by atoms with E-state index in [1.165, 1.54) is 6.07 Å². The van der Waals surface area contributed by atoms with E-state index in [2.05, 4.69) is 9.71 Å². The fourth-order valence-electron chi connectivity index (χ4n) is 1.60. The molecule has 6 heteroatoms. The molecular formula is C12H16N2O3S. The summed E-state index contributed by atoms with van der Waals surface area (Å²) in [6.07, 6.45) is -0.678. The van der Waals surface area contributed by atoms with Gasteiger partial charge in [-0.15, -0.1) is 0 Å². The largest absolute Gasteiger partial charge is 0.391 e. The first kappa shape index (κ1) is 13.0. The first-order valence-corrected chi connectivity index (χ1v) is 7.12. The molecule has 0 bridgehead atoms. The van der Waals surface area contributed by atoms with Crippen LogP contribution in [0, 0.1) is 0 Å². The van der Waals surface area contributed by atoms with E-state index in [0.29, 0.717) is 5.56 Å². The van der Waals surface area contributed by atoms with Gasteiger partial charge in [-0.05, 0) is 32.9 Å². The van der Waals surface area contributed by atoms with Gasteiger partial charge in [0.05, 0.1) is 16.5 Å². The maximum atomic E-state index is 11.9. The SMILES string of the molecule is CC(O)C(C)(C)N=C1NS(=O)(=O)c2ccccc21. The van der Waals surface area contributed by atoms with Crippen LogP contribution < -0.4 is 4.72 Å². The Morgan fingerprint density at radius 1 is 1.33 bits per heavy atom. The van der Waals surface area contributed by atoms with Gasteiger partial charge in [-0.1, -0.05) is 12.1 Å². The number of fused-ring (bicyclic) bond motifs is 1. The Kier molecular flexibility index (Phi) is 2.95. The summed E-state index contributed by atoms with van der Waals surface area (Å²) >= 11 is 0. The number of hydrogen-bond acceptors (Lipinski definition) is 4. The second kappa shape index (κ2) is 4.07. The minimum atomic E-state index is -3.52. The van der Waals surface area contributed by atoms with Crippen molar-refractivity contribution >= 4 is 15.9 Å². The summed E-state index contributed by atoms with van der Waals surface area (Å²) in [4.78, 5) is 4.55. The second-order valence-corrected chi connectivity index (χ2v) is 6.54. The predicted octanol–water partition coefficient (Wildman–Crippen LogP) is 0.884. The van der Waals surface area contributed by atoms with E-state index in [1.807, 2.05) is 0 Å². The summed E-state index contributed by atoms with van der Waals surface area (Å²) in [6.45, 7) is 5.12. The van der Waals surface area contributed by atoms with E-state index in [-0.39, 0.29) is 10.7 Å². The lowest BCUT2D eigenvalue weighted by Gasteiger charge is -2.23. The molecule has 0 radical (unpaired) electrons. The highest BCUT2D eigenvalue weighted by atomic mass is 32.2. The Morgan fingerprint density at radius 2 is 1.94 bits per heavy atom. The van der Waals surface area contributed by atoms with Gasteiger partial charge in [0.1, 0.15) is 5.84 Å². The summed E-state index contributed by atoms with van der Waals surface area (Å²) in [5, 5.41) is 9.63. The van der Waals surface area contributed by atoms with Crippen LogP contribution >= 0.6 is 0 Å². The molecule has 18 heavy (non-hydrogen) atoms. The minimum absolute atomic E-state index is 0.227. The van der Waals surface area contributed by atoms with E-state index in [4.69, 9.17) is 0 Å². The van der Waals surface area contributed by atoms with Crippen LogP contribution in [0.4, 0.5) is 0 Å². The van der Waals surface area contributed by atoms with Gasteiger partial charge < -0.3 is 5.11 Å². The van der Waals surface area contributed by atoms with Gasteiger partial charge in [0.15, 0.2) is 0 Å². The highest BCUT2D eigenvalue weighted by molar-refractivity contribution is 7.90. The molecule has 98 valence electrons. The summed E-state index contributed by atoms with van der Waals surface area (Å²) in [5.74, 6) is 0.288. The van der Waals surface area contributed by atoms with Gasteiger partial charge in [-0.2, -0.15) is 0 Å². The fraction of sp³-hybridized carbons (Fsp3) is 0.417. The second-order valence-electron chi connectivity index (χ2n) is 4.89. The van der Waals surface area contributed by atoms with Crippen LogP contribution in [0.25, 0.3) is 0 Å². The molecule has 2 N–H and O–H groups in total. The molecule has 1 aromatic rings. The average molecular weight is 268 g/mol. The Bertz CT molecular complexity index is 604. The van der Waals surface area contributed by atoms with Gasteiger partial charge in [0.2, 0.25) is 0 Å². The van der Waals surface area contributed by atoms with E-state index in [9.17, 15) is 13.5 Å². The van der Waals surface area contributed by atoms with Crippen molar-refractivity contribution in [1.82, 2.24) is 4.72 Å². The quantitative estimate of drug-likeness (QED) is 0.836. The van der Waals surface area contributed by atoms with Crippen molar-refractivity contribution in [2.75, 3.05) is 0 Å². The molecular weight excluding hydrogens is 252 g/mol. The van der Waals surface area contributed by atoms with Crippen LogP contribution in [0.15, 0.2) is 34.2 Å². The monoisotopic (exact) mass is 268 g/mol. The van der Waals surface area contributed by atoms with Crippen LogP contribution in [-0.4, -0.2) is 31.0 Å². The fourth-order valence-corrected chi connectivity index (χ4v) is 2.83. The van der Waals surface area contributed by atoms with Crippen molar-refractivity contribution in [1.29, 1.82) is 0 Å². The van der Waals surface area contributed by atoms with Crippen LogP contribution in [0.2, 0.25) is 0 Å². The first-order valence-electron chi connectivity index (χ1n) is 5.64. The van der Waals surface area contributed by atoms with Gasteiger partial charge >= 0.3 is 0 Å². The number of benzene rings is 1. The van der Waals surface area contributed by atoms with Crippen molar-refractivity contribution < 1.29 is 13.5 Å². The molecule has 0 spiro atoms. The van der Waals surface area contributed by atoms with E-state index in [1.54, 1.807) is 39.0 Å². The Hall–Kier alpha value is -1.40. The van der Waals surface area contributed by atoms with Crippen LogP contribution in [0.1, 0.15) is 26.3 Å². The third-order valence-electron chi connectivity index (χ3n) is 3.09. The van der Waals surface area contributed by atoms with Gasteiger partial charge in [-0.25, -0.2) is 8.42 Å². The average Bonchev–Trinajstić information content (AvgIpc) is 2.51. The standard InChI is InChI=1S/C12H16N2O3S/c1-8(15)12(2,3)13-11-9-6-4-5-7-10(9)18(16,17)14-11/h4-8,15H,1-3H3,(H,13,14). The summed E-state index contributed by atoms with van der Waals surface area (Å²) in [5.41, 5.74) is -0.207. The number of amidine groups is 1. The van der Waals surface area contributed by atoms with Gasteiger partial charge in [0, 0.05) is 5.56 Å². The molecule has 0 aliphatic carbocycles. The smallest absolute Gasteiger partial charge is 0.263 e. The van der Waals surface area contributed by atoms with Crippen molar-refractivity contribution in [2.24, 2.45) is 4.99 Å². The molecule has 0 amide bonds. The molecule has 0 aromatic heterocycles. The van der Waals surface area contributed by atoms with Crippen LogP contribution in [0.3, 0.4) is 0 Å². The predicted molar refractivity (Wildman–Crippen MR) is 69.1 cm³/mol. The maximum absolute atomic E-state index is 11.9. The number of aliphatic imine (C=N–C) groups is 1. The van der Waals surface area contributed by atoms with Crippen LogP contribution in [-0.2, 0) is 10.0 Å². The molecule has 1 unspecified atom stereocenters. The van der Waals surface area contributed by atoms with E-state index >= 15 is 0 Å². The number of sulfonamides is 1. The number of aliphatic hydroxyl groups is 1. The Morgan fingerprint density at radius 3 is 2.56 bits per heavy atom. The lowest BCUT2D eigenvalue weighted by Crippen LogP contribution is -2.35. The molecule has 1 aliphatic heterocycles. The van der Waals surface area contributed by atoms with Gasteiger partial charge in [0.25, 0.3) is 10.0 Å². The third kappa shape index (κ3) is 2.13. The zero-order chi connectivity index (χ0) is 13.6. The third-order valence-corrected chi connectivity index (χ3v) is 4.48. The molecule has 2 rings (SSSR count). The molecule has 0 fully saturated rings. The molecule has 0 saturated heterocycles.